The SMILES string of the molecule is C#Cc1ccc(C)cc1F. The lowest BCUT2D eigenvalue weighted by Crippen LogP contribution is -1.82. The Kier molecular flexibility index (Phi) is 1.73. The normalized spacial score (nSPS) is 8.90. The van der Waals surface area contributed by atoms with Crippen molar-refractivity contribution < 1.29 is 4.39 Å². The number of halogens is 1. The lowest BCUT2D eigenvalue weighted by molar-refractivity contribution is 0.623. The topological polar surface area (TPSA) is 0 Å². The van der Waals surface area contributed by atoms with E-state index in [-0.39, 0.29) is 5.82 Å². The monoisotopic (exact) mass is 134 g/mol. The summed E-state index contributed by atoms with van der Waals surface area (Å²) >= 11 is 0. The zero-order valence-electron chi connectivity index (χ0n) is 5.69. The van der Waals surface area contributed by atoms with Crippen molar-refractivity contribution in [1.82, 2.24) is 0 Å². The minimum absolute atomic E-state index is 0.317. The minimum atomic E-state index is -0.317. The Morgan fingerprint density at radius 3 is 2.70 bits per heavy atom. The molecule has 50 valence electrons. The molecule has 0 heterocycles. The van der Waals surface area contributed by atoms with Gasteiger partial charge in [-0.3, -0.25) is 0 Å². The first kappa shape index (κ1) is 6.82. The van der Waals surface area contributed by atoms with Crippen molar-refractivity contribution in [3.05, 3.63) is 35.1 Å². The molecular weight excluding hydrogens is 127 g/mol. The highest BCUT2D eigenvalue weighted by atomic mass is 19.1. The lowest BCUT2D eigenvalue weighted by atomic mass is 10.1. The van der Waals surface area contributed by atoms with Crippen LogP contribution in [-0.4, -0.2) is 0 Å². The lowest BCUT2D eigenvalue weighted by Gasteiger charge is -1.94. The number of hydrogen-bond acceptors (Lipinski definition) is 0. The average Bonchev–Trinajstić information content (AvgIpc) is 1.88. The summed E-state index contributed by atoms with van der Waals surface area (Å²) in [6, 6.07) is 4.82. The first-order valence-electron chi connectivity index (χ1n) is 2.97. The van der Waals surface area contributed by atoms with Crippen molar-refractivity contribution in [1.29, 1.82) is 0 Å². The molecule has 0 radical (unpaired) electrons. The molecule has 0 saturated heterocycles. The number of hydrogen-bond donors (Lipinski definition) is 0. The van der Waals surface area contributed by atoms with E-state index in [9.17, 15) is 4.39 Å². The summed E-state index contributed by atoms with van der Waals surface area (Å²) in [5, 5.41) is 0. The van der Waals surface area contributed by atoms with Gasteiger partial charge < -0.3 is 0 Å². The molecule has 1 heteroatoms. The van der Waals surface area contributed by atoms with Crippen LogP contribution in [0.25, 0.3) is 0 Å². The molecule has 1 rings (SSSR count). The number of benzene rings is 1. The molecule has 0 amide bonds. The maximum absolute atomic E-state index is 12.7. The number of terminal acetylenes is 1. The van der Waals surface area contributed by atoms with Crippen LogP contribution in [0, 0.1) is 25.1 Å². The molecule has 0 fully saturated rings. The Morgan fingerprint density at radius 2 is 2.20 bits per heavy atom. The Balaban J connectivity index is 3.23. The van der Waals surface area contributed by atoms with E-state index in [4.69, 9.17) is 6.42 Å². The molecule has 0 saturated carbocycles. The zero-order valence-corrected chi connectivity index (χ0v) is 5.69. The van der Waals surface area contributed by atoms with E-state index in [1.54, 1.807) is 12.1 Å². The first-order chi connectivity index (χ1) is 4.74. The summed E-state index contributed by atoms with van der Waals surface area (Å²) in [4.78, 5) is 0. The number of rotatable bonds is 0. The molecule has 0 unspecified atom stereocenters. The maximum atomic E-state index is 12.7. The van der Waals surface area contributed by atoms with E-state index in [1.165, 1.54) is 6.07 Å². The predicted octanol–water partition coefficient (Wildman–Crippen LogP) is 2.12. The molecule has 1 aromatic rings. The van der Waals surface area contributed by atoms with Crippen LogP contribution in [0.2, 0.25) is 0 Å². The smallest absolute Gasteiger partial charge is 0.139 e. The molecule has 0 aliphatic heterocycles. The largest absolute Gasteiger partial charge is 0.206 e. The minimum Gasteiger partial charge on any atom is -0.206 e. The summed E-state index contributed by atoms with van der Waals surface area (Å²) < 4.78 is 12.7. The van der Waals surface area contributed by atoms with Crippen LogP contribution in [0.4, 0.5) is 4.39 Å². The van der Waals surface area contributed by atoms with Gasteiger partial charge in [-0.15, -0.1) is 6.42 Å². The van der Waals surface area contributed by atoms with E-state index >= 15 is 0 Å². The third-order valence-corrected chi connectivity index (χ3v) is 1.28. The Hall–Kier alpha value is -1.29. The Labute approximate surface area is 59.7 Å². The molecule has 0 aliphatic rings. The molecular formula is C9H7F. The van der Waals surface area contributed by atoms with Crippen molar-refractivity contribution in [2.45, 2.75) is 6.92 Å². The second kappa shape index (κ2) is 2.53. The van der Waals surface area contributed by atoms with Crippen LogP contribution >= 0.6 is 0 Å². The second-order valence-electron chi connectivity index (χ2n) is 2.13. The van der Waals surface area contributed by atoms with Gasteiger partial charge in [0, 0.05) is 0 Å². The van der Waals surface area contributed by atoms with Gasteiger partial charge in [0.25, 0.3) is 0 Å². The molecule has 0 bridgehead atoms. The van der Waals surface area contributed by atoms with Crippen molar-refractivity contribution in [2.24, 2.45) is 0 Å². The highest BCUT2D eigenvalue weighted by molar-refractivity contribution is 5.35. The van der Waals surface area contributed by atoms with Crippen LogP contribution in [0.3, 0.4) is 0 Å². The summed E-state index contributed by atoms with van der Waals surface area (Å²) in [5.41, 5.74) is 1.21. The summed E-state index contributed by atoms with van der Waals surface area (Å²) in [6.45, 7) is 1.82. The summed E-state index contributed by atoms with van der Waals surface area (Å²) in [7, 11) is 0. The van der Waals surface area contributed by atoms with Gasteiger partial charge >= 0.3 is 0 Å². The Bertz CT molecular complexity index is 281. The van der Waals surface area contributed by atoms with E-state index < -0.39 is 0 Å². The third kappa shape index (κ3) is 1.16. The van der Waals surface area contributed by atoms with Gasteiger partial charge in [0.2, 0.25) is 0 Å². The standard InChI is InChI=1S/C9H7F/c1-3-8-5-4-7(2)6-9(8)10/h1,4-6H,2H3. The fourth-order valence-corrected chi connectivity index (χ4v) is 0.737. The van der Waals surface area contributed by atoms with Gasteiger partial charge in [0.1, 0.15) is 5.82 Å². The molecule has 0 aliphatic carbocycles. The summed E-state index contributed by atoms with van der Waals surface area (Å²) in [5.74, 6) is 1.93. The van der Waals surface area contributed by atoms with Gasteiger partial charge in [0.05, 0.1) is 5.56 Å². The van der Waals surface area contributed by atoms with Crippen molar-refractivity contribution in [3.8, 4) is 12.3 Å². The molecule has 0 spiro atoms. The maximum Gasteiger partial charge on any atom is 0.139 e. The molecule has 0 atom stereocenters. The average molecular weight is 134 g/mol. The van der Waals surface area contributed by atoms with Gasteiger partial charge in [-0.1, -0.05) is 12.0 Å². The van der Waals surface area contributed by atoms with Gasteiger partial charge in [-0.25, -0.2) is 4.39 Å². The first-order valence-corrected chi connectivity index (χ1v) is 2.97. The molecule has 0 aromatic heterocycles. The van der Waals surface area contributed by atoms with Crippen LogP contribution < -0.4 is 0 Å². The highest BCUT2D eigenvalue weighted by Gasteiger charge is 1.96. The van der Waals surface area contributed by atoms with Crippen LogP contribution in [-0.2, 0) is 0 Å². The van der Waals surface area contributed by atoms with Gasteiger partial charge in [-0.2, -0.15) is 0 Å². The Morgan fingerprint density at radius 1 is 1.50 bits per heavy atom. The van der Waals surface area contributed by atoms with E-state index in [2.05, 4.69) is 5.92 Å². The second-order valence-corrected chi connectivity index (χ2v) is 2.13. The molecule has 10 heavy (non-hydrogen) atoms. The third-order valence-electron chi connectivity index (χ3n) is 1.28. The fraction of sp³-hybridized carbons (Fsp3) is 0.111. The van der Waals surface area contributed by atoms with Crippen LogP contribution in [0.5, 0.6) is 0 Å². The van der Waals surface area contributed by atoms with Crippen molar-refractivity contribution >= 4 is 0 Å². The molecule has 1 aromatic carbocycles. The van der Waals surface area contributed by atoms with E-state index in [0.29, 0.717) is 5.56 Å². The van der Waals surface area contributed by atoms with E-state index in [1.807, 2.05) is 6.92 Å². The van der Waals surface area contributed by atoms with Crippen molar-refractivity contribution in [2.75, 3.05) is 0 Å². The van der Waals surface area contributed by atoms with Crippen LogP contribution in [0.1, 0.15) is 11.1 Å². The molecule has 0 N–H and O–H groups in total. The highest BCUT2D eigenvalue weighted by Crippen LogP contribution is 2.07. The zero-order chi connectivity index (χ0) is 7.56. The van der Waals surface area contributed by atoms with E-state index in [0.717, 1.165) is 5.56 Å². The van der Waals surface area contributed by atoms with Gasteiger partial charge in [0.15, 0.2) is 0 Å². The van der Waals surface area contributed by atoms with Crippen molar-refractivity contribution in [3.63, 3.8) is 0 Å². The molecule has 0 nitrogen and oxygen atoms in total. The quantitative estimate of drug-likeness (QED) is 0.477. The summed E-state index contributed by atoms with van der Waals surface area (Å²) in [6.07, 6.45) is 5.01. The van der Waals surface area contributed by atoms with Crippen LogP contribution in [0.15, 0.2) is 18.2 Å². The predicted molar refractivity (Wildman–Crippen MR) is 39.1 cm³/mol. The number of aryl methyl sites for hydroxylation is 1. The van der Waals surface area contributed by atoms with Gasteiger partial charge in [-0.05, 0) is 24.6 Å². The fourth-order valence-electron chi connectivity index (χ4n) is 0.737.